The van der Waals surface area contributed by atoms with Crippen LogP contribution in [0, 0.1) is 5.41 Å². The number of ether oxygens (including phenoxy) is 1. The number of aryl methyl sites for hydroxylation is 2. The predicted octanol–water partition coefficient (Wildman–Crippen LogP) is 2.25. The van der Waals surface area contributed by atoms with Gasteiger partial charge in [-0.1, -0.05) is 12.1 Å². The normalized spacial score (nSPS) is 22.9. The SMILES string of the molecule is CC(=O)N1CC(F)(F)c2c(CCc3ncc(N4CCC5(CC4)COC[C@H]5N)nc3N)cccc21. The van der Waals surface area contributed by atoms with Crippen LogP contribution >= 0.6 is 0 Å². The molecule has 3 aliphatic rings. The zero-order valence-electron chi connectivity index (χ0n) is 19.3. The van der Waals surface area contributed by atoms with Crippen molar-refractivity contribution in [2.75, 3.05) is 48.4 Å². The molecule has 0 aliphatic carbocycles. The molecule has 5 rings (SSSR count). The first-order chi connectivity index (χ1) is 16.2. The molecule has 10 heteroatoms. The monoisotopic (exact) mass is 472 g/mol. The molecule has 1 aromatic heterocycles. The van der Waals surface area contributed by atoms with Crippen molar-refractivity contribution < 1.29 is 18.3 Å². The van der Waals surface area contributed by atoms with Crippen LogP contribution < -0.4 is 21.3 Å². The molecule has 34 heavy (non-hydrogen) atoms. The van der Waals surface area contributed by atoms with E-state index in [1.165, 1.54) is 6.92 Å². The van der Waals surface area contributed by atoms with Crippen molar-refractivity contribution in [1.29, 1.82) is 0 Å². The molecule has 4 N–H and O–H groups in total. The highest BCUT2D eigenvalue weighted by Gasteiger charge is 2.47. The summed E-state index contributed by atoms with van der Waals surface area (Å²) in [5, 5.41) is 0. The molecule has 2 fully saturated rings. The number of aromatic nitrogens is 2. The number of nitrogen functional groups attached to an aromatic ring is 1. The number of rotatable bonds is 4. The fraction of sp³-hybridized carbons (Fsp3) is 0.542. The second kappa shape index (κ2) is 8.42. The number of benzene rings is 1. The highest BCUT2D eigenvalue weighted by atomic mass is 19.3. The van der Waals surface area contributed by atoms with E-state index in [1.807, 2.05) is 0 Å². The molecule has 1 spiro atoms. The third kappa shape index (κ3) is 3.88. The van der Waals surface area contributed by atoms with E-state index in [0.29, 0.717) is 48.9 Å². The third-order valence-corrected chi connectivity index (χ3v) is 7.58. The van der Waals surface area contributed by atoms with Crippen molar-refractivity contribution in [3.8, 4) is 0 Å². The summed E-state index contributed by atoms with van der Waals surface area (Å²) >= 11 is 0. The maximum atomic E-state index is 14.7. The van der Waals surface area contributed by atoms with Crippen molar-refractivity contribution in [2.45, 2.75) is 44.6 Å². The fourth-order valence-corrected chi connectivity index (χ4v) is 5.47. The fourth-order valence-electron chi connectivity index (χ4n) is 5.47. The molecule has 1 amide bonds. The van der Waals surface area contributed by atoms with Crippen molar-refractivity contribution >= 4 is 23.2 Å². The van der Waals surface area contributed by atoms with Crippen LogP contribution in [0.4, 0.5) is 26.1 Å². The molecule has 0 unspecified atom stereocenters. The summed E-state index contributed by atoms with van der Waals surface area (Å²) in [5.41, 5.74) is 13.8. The molecule has 4 heterocycles. The molecule has 182 valence electrons. The topological polar surface area (TPSA) is 111 Å². The van der Waals surface area contributed by atoms with Gasteiger partial charge in [-0.05, 0) is 37.3 Å². The molecular weight excluding hydrogens is 442 g/mol. The van der Waals surface area contributed by atoms with Crippen LogP contribution in [-0.4, -0.2) is 54.8 Å². The van der Waals surface area contributed by atoms with E-state index in [4.69, 9.17) is 16.2 Å². The van der Waals surface area contributed by atoms with Gasteiger partial charge in [0, 0.05) is 37.0 Å². The van der Waals surface area contributed by atoms with Crippen molar-refractivity contribution in [3.05, 3.63) is 41.2 Å². The molecule has 0 radical (unpaired) electrons. The first-order valence-corrected chi connectivity index (χ1v) is 11.7. The minimum Gasteiger partial charge on any atom is -0.382 e. The molecule has 2 saturated heterocycles. The number of nitrogens with two attached hydrogens (primary N) is 2. The summed E-state index contributed by atoms with van der Waals surface area (Å²) in [5.74, 6) is -2.46. The van der Waals surface area contributed by atoms with Gasteiger partial charge < -0.3 is 26.0 Å². The van der Waals surface area contributed by atoms with Crippen LogP contribution in [0.3, 0.4) is 0 Å². The quantitative estimate of drug-likeness (QED) is 0.702. The van der Waals surface area contributed by atoms with Gasteiger partial charge in [-0.2, -0.15) is 8.78 Å². The van der Waals surface area contributed by atoms with Crippen LogP contribution in [0.5, 0.6) is 0 Å². The lowest BCUT2D eigenvalue weighted by atomic mass is 9.75. The maximum Gasteiger partial charge on any atom is 0.293 e. The lowest BCUT2D eigenvalue weighted by Crippen LogP contribution is -2.49. The van der Waals surface area contributed by atoms with Gasteiger partial charge in [-0.15, -0.1) is 0 Å². The average Bonchev–Trinajstić information content (AvgIpc) is 3.30. The highest BCUT2D eigenvalue weighted by molar-refractivity contribution is 5.94. The van der Waals surface area contributed by atoms with Gasteiger partial charge in [-0.3, -0.25) is 9.78 Å². The van der Waals surface area contributed by atoms with Crippen molar-refractivity contribution in [1.82, 2.24) is 9.97 Å². The maximum absolute atomic E-state index is 14.7. The molecule has 1 aromatic carbocycles. The Morgan fingerprint density at radius 1 is 1.26 bits per heavy atom. The molecule has 0 bridgehead atoms. The highest BCUT2D eigenvalue weighted by Crippen LogP contribution is 2.45. The van der Waals surface area contributed by atoms with Gasteiger partial charge in [-0.25, -0.2) is 4.98 Å². The van der Waals surface area contributed by atoms with E-state index in [0.717, 1.165) is 30.8 Å². The number of carbonyl (C=O) groups is 1. The number of hydrogen-bond donors (Lipinski definition) is 2. The largest absolute Gasteiger partial charge is 0.382 e. The summed E-state index contributed by atoms with van der Waals surface area (Å²) < 4.78 is 35.1. The second-order valence-corrected chi connectivity index (χ2v) is 9.65. The third-order valence-electron chi connectivity index (χ3n) is 7.58. The van der Waals surface area contributed by atoms with E-state index in [2.05, 4.69) is 14.9 Å². The van der Waals surface area contributed by atoms with Crippen LogP contribution in [-0.2, 0) is 28.3 Å². The Labute approximate surface area is 197 Å². The van der Waals surface area contributed by atoms with Crippen molar-refractivity contribution in [2.24, 2.45) is 11.1 Å². The number of anilines is 3. The molecule has 0 saturated carbocycles. The Kier molecular flexibility index (Phi) is 5.68. The first kappa shape index (κ1) is 22.9. The molecule has 8 nitrogen and oxygen atoms in total. The van der Waals surface area contributed by atoms with E-state index in [-0.39, 0.29) is 22.7 Å². The Morgan fingerprint density at radius 2 is 2.03 bits per heavy atom. The molecule has 2 aromatic rings. The summed E-state index contributed by atoms with van der Waals surface area (Å²) in [6.45, 7) is 3.62. The Balaban J connectivity index is 1.28. The lowest BCUT2D eigenvalue weighted by molar-refractivity contribution is -0.117. The summed E-state index contributed by atoms with van der Waals surface area (Å²) in [7, 11) is 0. The number of alkyl halides is 2. The minimum atomic E-state index is -3.09. The summed E-state index contributed by atoms with van der Waals surface area (Å²) in [6, 6.07) is 5.02. The first-order valence-electron chi connectivity index (χ1n) is 11.7. The molecular formula is C24H30F2N6O2. The zero-order valence-corrected chi connectivity index (χ0v) is 19.3. The number of fused-ring (bicyclic) bond motifs is 1. The molecule has 1 atom stereocenters. The van der Waals surface area contributed by atoms with E-state index in [1.54, 1.807) is 24.4 Å². The van der Waals surface area contributed by atoms with Crippen LogP contribution in [0.2, 0.25) is 0 Å². The van der Waals surface area contributed by atoms with Crippen molar-refractivity contribution in [3.63, 3.8) is 0 Å². The van der Waals surface area contributed by atoms with Crippen LogP contribution in [0.25, 0.3) is 0 Å². The smallest absolute Gasteiger partial charge is 0.293 e. The Morgan fingerprint density at radius 3 is 2.68 bits per heavy atom. The van der Waals surface area contributed by atoms with Gasteiger partial charge in [0.05, 0.1) is 37.3 Å². The number of halogens is 2. The van der Waals surface area contributed by atoms with Gasteiger partial charge in [0.2, 0.25) is 5.91 Å². The standard InChI is InChI=1S/C24H30F2N6O2/c1-15(33)32-13-24(25,26)21-16(3-2-4-18(21)32)5-6-17-22(28)30-20(11-29-17)31-9-7-23(8-10-31)14-34-12-19(23)27/h2-4,11,19H,5-10,12-14,27H2,1H3,(H2,28,30)/t19-/m1/s1. The second-order valence-electron chi connectivity index (χ2n) is 9.65. The number of amides is 1. The number of hydrogen-bond acceptors (Lipinski definition) is 7. The van der Waals surface area contributed by atoms with Gasteiger partial charge in [0.1, 0.15) is 11.6 Å². The summed E-state index contributed by atoms with van der Waals surface area (Å²) in [4.78, 5) is 24.2. The Hall–Kier alpha value is -2.85. The lowest BCUT2D eigenvalue weighted by Gasteiger charge is -2.41. The van der Waals surface area contributed by atoms with E-state index < -0.39 is 18.4 Å². The number of nitrogens with zero attached hydrogens (tertiary/aromatic N) is 4. The van der Waals surface area contributed by atoms with Gasteiger partial charge >= 0.3 is 0 Å². The Bertz CT molecular complexity index is 1100. The zero-order chi connectivity index (χ0) is 24.1. The van der Waals surface area contributed by atoms with Gasteiger partial charge in [0.15, 0.2) is 0 Å². The van der Waals surface area contributed by atoms with Crippen LogP contribution in [0.1, 0.15) is 36.6 Å². The van der Waals surface area contributed by atoms with Gasteiger partial charge in [0.25, 0.3) is 5.92 Å². The molecule has 3 aliphatic heterocycles. The minimum absolute atomic E-state index is 0.0470. The summed E-state index contributed by atoms with van der Waals surface area (Å²) in [6.07, 6.45) is 4.27. The average molecular weight is 473 g/mol. The number of piperidine rings is 1. The van der Waals surface area contributed by atoms with E-state index in [9.17, 15) is 13.6 Å². The van der Waals surface area contributed by atoms with Crippen LogP contribution in [0.15, 0.2) is 24.4 Å². The predicted molar refractivity (Wildman–Crippen MR) is 125 cm³/mol. The number of carbonyl (C=O) groups excluding carboxylic acids is 1. The van der Waals surface area contributed by atoms with E-state index >= 15 is 0 Å².